The summed E-state index contributed by atoms with van der Waals surface area (Å²) < 4.78 is 7.81. The maximum atomic E-state index is 13.6. The van der Waals surface area contributed by atoms with E-state index in [0.717, 1.165) is 33.5 Å². The number of fused-ring (bicyclic) bond motifs is 1. The molecular weight excluding hydrogens is 468 g/mol. The van der Waals surface area contributed by atoms with Crippen LogP contribution in [0.4, 0.5) is 11.4 Å². The number of carbonyl (C=O) groups is 1. The molecule has 1 aromatic heterocycles. The number of nitrogens with zero attached hydrogens (tertiary/aromatic N) is 4. The second-order valence-electron chi connectivity index (χ2n) is 9.35. The molecule has 0 N–H and O–H groups in total. The molecule has 8 heteroatoms. The number of rotatable bonds is 7. The lowest BCUT2D eigenvalue weighted by molar-refractivity contribution is -0.384. The van der Waals surface area contributed by atoms with Crippen LogP contribution in [-0.4, -0.2) is 53.6 Å². The number of nitro groups is 1. The van der Waals surface area contributed by atoms with Gasteiger partial charge < -0.3 is 19.1 Å². The number of benzene rings is 3. The largest absolute Gasteiger partial charge is 0.496 e. The van der Waals surface area contributed by atoms with Crippen LogP contribution in [0.3, 0.4) is 0 Å². The van der Waals surface area contributed by atoms with Crippen LogP contribution in [0.2, 0.25) is 0 Å². The summed E-state index contributed by atoms with van der Waals surface area (Å²) in [7, 11) is 3.70. The highest BCUT2D eigenvalue weighted by atomic mass is 16.6. The van der Waals surface area contributed by atoms with Gasteiger partial charge in [0.2, 0.25) is 5.91 Å². The van der Waals surface area contributed by atoms with Crippen molar-refractivity contribution in [1.29, 1.82) is 0 Å². The van der Waals surface area contributed by atoms with Crippen molar-refractivity contribution in [2.45, 2.75) is 12.3 Å². The molecule has 8 nitrogen and oxygen atoms in total. The molecule has 1 saturated heterocycles. The first kappa shape index (κ1) is 24.4. The van der Waals surface area contributed by atoms with Gasteiger partial charge in [0.05, 0.1) is 12.0 Å². The van der Waals surface area contributed by atoms with Gasteiger partial charge in [0.15, 0.2) is 0 Å². The van der Waals surface area contributed by atoms with Gasteiger partial charge in [0.25, 0.3) is 5.69 Å². The van der Waals surface area contributed by atoms with Gasteiger partial charge in [-0.3, -0.25) is 14.9 Å². The van der Waals surface area contributed by atoms with Crippen LogP contribution in [0.5, 0.6) is 5.75 Å². The van der Waals surface area contributed by atoms with E-state index in [1.54, 1.807) is 19.2 Å². The number of piperazine rings is 1. The summed E-state index contributed by atoms with van der Waals surface area (Å²) >= 11 is 0. The van der Waals surface area contributed by atoms with Crippen molar-refractivity contribution in [2.24, 2.45) is 7.05 Å². The third-order valence-electron chi connectivity index (χ3n) is 7.25. The van der Waals surface area contributed by atoms with Crippen molar-refractivity contribution >= 4 is 28.2 Å². The number of hydrogen-bond acceptors (Lipinski definition) is 5. The van der Waals surface area contributed by atoms with E-state index in [4.69, 9.17) is 4.74 Å². The lowest BCUT2D eigenvalue weighted by atomic mass is 9.87. The number of anilines is 1. The summed E-state index contributed by atoms with van der Waals surface area (Å²) in [6.45, 7) is 2.56. The Bertz CT molecular complexity index is 1420. The molecule has 1 atom stereocenters. The minimum absolute atomic E-state index is 0.0772. The molecule has 5 rings (SSSR count). The van der Waals surface area contributed by atoms with Crippen molar-refractivity contribution in [3.63, 3.8) is 0 Å². The molecule has 0 saturated carbocycles. The van der Waals surface area contributed by atoms with Gasteiger partial charge in [-0.15, -0.1) is 0 Å². The highest BCUT2D eigenvalue weighted by Crippen LogP contribution is 2.39. The Hall–Kier alpha value is -4.33. The SMILES string of the molecule is COc1ccccc1C(CC(=O)N1CCN(c2ccc([N+](=O)[O-])cc2)CC1)c1cn(C)c2ccccc12. The molecule has 0 radical (unpaired) electrons. The van der Waals surface area contributed by atoms with Crippen molar-refractivity contribution in [2.75, 3.05) is 38.2 Å². The second-order valence-corrected chi connectivity index (χ2v) is 9.35. The van der Waals surface area contributed by atoms with Crippen LogP contribution >= 0.6 is 0 Å². The highest BCUT2D eigenvalue weighted by molar-refractivity contribution is 5.87. The first-order valence-electron chi connectivity index (χ1n) is 12.4. The lowest BCUT2D eigenvalue weighted by Gasteiger charge is -2.36. The standard InChI is InChI=1S/C29H30N4O4/c1-30-20-26(23-7-3-5-9-27(23)30)25(24-8-4-6-10-28(24)37-2)19-29(34)32-17-15-31(16-18-32)21-11-13-22(14-12-21)33(35)36/h3-14,20,25H,15-19H2,1-2H3. The number of carbonyl (C=O) groups excluding carboxylic acids is 1. The van der Waals surface area contributed by atoms with Gasteiger partial charge in [-0.2, -0.15) is 0 Å². The fourth-order valence-electron chi connectivity index (χ4n) is 5.30. The van der Waals surface area contributed by atoms with Crippen molar-refractivity contribution < 1.29 is 14.5 Å². The topological polar surface area (TPSA) is 80.8 Å². The lowest BCUT2D eigenvalue weighted by Crippen LogP contribution is -2.49. The Balaban J connectivity index is 1.37. The van der Waals surface area contributed by atoms with Crippen LogP contribution in [0.25, 0.3) is 10.9 Å². The summed E-state index contributed by atoms with van der Waals surface area (Å²) in [5, 5.41) is 12.1. The molecule has 0 spiro atoms. The Labute approximate surface area is 215 Å². The molecule has 1 aliphatic rings. The maximum absolute atomic E-state index is 13.6. The Morgan fingerprint density at radius 3 is 2.32 bits per heavy atom. The van der Waals surface area contributed by atoms with E-state index in [9.17, 15) is 14.9 Å². The van der Waals surface area contributed by atoms with Gasteiger partial charge in [-0.25, -0.2) is 0 Å². The zero-order valence-corrected chi connectivity index (χ0v) is 21.0. The number of aromatic nitrogens is 1. The predicted octanol–water partition coefficient (Wildman–Crippen LogP) is 4.97. The van der Waals surface area contributed by atoms with Gasteiger partial charge in [0, 0.05) is 86.0 Å². The number of hydrogen-bond donors (Lipinski definition) is 0. The van der Waals surface area contributed by atoms with E-state index in [2.05, 4.69) is 27.8 Å². The third-order valence-corrected chi connectivity index (χ3v) is 7.25. The number of ether oxygens (including phenoxy) is 1. The molecule has 2 heterocycles. The Morgan fingerprint density at radius 2 is 1.62 bits per heavy atom. The molecule has 3 aromatic carbocycles. The first-order valence-corrected chi connectivity index (χ1v) is 12.4. The fraction of sp³-hybridized carbons (Fsp3) is 0.276. The fourth-order valence-corrected chi connectivity index (χ4v) is 5.30. The Morgan fingerprint density at radius 1 is 0.946 bits per heavy atom. The number of methoxy groups -OCH3 is 1. The van der Waals surface area contributed by atoms with E-state index < -0.39 is 4.92 Å². The van der Waals surface area contributed by atoms with E-state index >= 15 is 0 Å². The molecular formula is C29H30N4O4. The quantitative estimate of drug-likeness (QED) is 0.266. The second kappa shape index (κ2) is 10.3. The number of nitro benzene ring substituents is 1. The van der Waals surface area contributed by atoms with Crippen LogP contribution in [0.15, 0.2) is 79.0 Å². The molecule has 0 aliphatic carbocycles. The Kier molecular flexibility index (Phi) is 6.81. The monoisotopic (exact) mass is 498 g/mol. The number of amides is 1. The smallest absolute Gasteiger partial charge is 0.269 e. The summed E-state index contributed by atoms with van der Waals surface area (Å²) in [5.41, 5.74) is 4.25. The van der Waals surface area contributed by atoms with Crippen molar-refractivity contribution in [3.05, 3.63) is 100 Å². The third kappa shape index (κ3) is 4.87. The summed E-state index contributed by atoms with van der Waals surface area (Å²) in [6, 6.07) is 22.8. The number of non-ortho nitro benzene ring substituents is 1. The van der Waals surface area contributed by atoms with Crippen molar-refractivity contribution in [3.8, 4) is 5.75 Å². The first-order chi connectivity index (χ1) is 18.0. The summed E-state index contributed by atoms with van der Waals surface area (Å²) in [6.07, 6.45) is 2.47. The molecule has 1 fully saturated rings. The zero-order chi connectivity index (χ0) is 25.9. The van der Waals surface area contributed by atoms with Crippen LogP contribution < -0.4 is 9.64 Å². The predicted molar refractivity (Wildman–Crippen MR) is 144 cm³/mol. The minimum atomic E-state index is -0.394. The average Bonchev–Trinajstić information content (AvgIpc) is 3.28. The summed E-state index contributed by atoms with van der Waals surface area (Å²) in [4.78, 5) is 28.3. The minimum Gasteiger partial charge on any atom is -0.496 e. The van der Waals surface area contributed by atoms with Crippen molar-refractivity contribution in [1.82, 2.24) is 9.47 Å². The van der Waals surface area contributed by atoms with Gasteiger partial charge in [0.1, 0.15) is 5.75 Å². The molecule has 1 amide bonds. The molecule has 1 aliphatic heterocycles. The van der Waals surface area contributed by atoms with E-state index in [1.807, 2.05) is 48.3 Å². The zero-order valence-electron chi connectivity index (χ0n) is 21.0. The van der Waals surface area contributed by atoms with Crippen LogP contribution in [0.1, 0.15) is 23.5 Å². The van der Waals surface area contributed by atoms with E-state index in [1.165, 1.54) is 12.1 Å². The van der Waals surface area contributed by atoms with Gasteiger partial charge in [-0.05, 0) is 29.8 Å². The summed E-state index contributed by atoms with van der Waals surface area (Å²) in [5.74, 6) is 0.728. The normalized spacial score (nSPS) is 14.5. The van der Waals surface area contributed by atoms with E-state index in [0.29, 0.717) is 32.6 Å². The molecule has 1 unspecified atom stereocenters. The molecule has 37 heavy (non-hydrogen) atoms. The van der Waals surface area contributed by atoms with Crippen LogP contribution in [-0.2, 0) is 11.8 Å². The van der Waals surface area contributed by atoms with E-state index in [-0.39, 0.29) is 17.5 Å². The molecule has 4 aromatic rings. The number of aryl methyl sites for hydroxylation is 1. The van der Waals surface area contributed by atoms with Gasteiger partial charge >= 0.3 is 0 Å². The number of para-hydroxylation sites is 2. The highest BCUT2D eigenvalue weighted by Gasteiger charge is 2.29. The molecule has 0 bridgehead atoms. The molecule has 190 valence electrons. The average molecular weight is 499 g/mol. The van der Waals surface area contributed by atoms with Crippen LogP contribution in [0, 0.1) is 10.1 Å². The van der Waals surface area contributed by atoms with Gasteiger partial charge in [-0.1, -0.05) is 36.4 Å². The maximum Gasteiger partial charge on any atom is 0.269 e.